The highest BCUT2D eigenvalue weighted by molar-refractivity contribution is 5.81. The standard InChI is InChI=1S/C11H21NO4/c1-14-9-4-6-12(8-10-15-2)7-5-11(13)16-3/h5,7H,4,6,8-10H2,1-3H3. The van der Waals surface area contributed by atoms with E-state index in [1.165, 1.54) is 13.2 Å². The van der Waals surface area contributed by atoms with Crippen molar-refractivity contribution in [1.29, 1.82) is 0 Å². The molecule has 0 amide bonds. The molecular formula is C11H21NO4. The zero-order chi connectivity index (χ0) is 12.2. The van der Waals surface area contributed by atoms with E-state index in [0.717, 1.165) is 19.5 Å². The van der Waals surface area contributed by atoms with Gasteiger partial charge >= 0.3 is 5.97 Å². The molecule has 0 aliphatic carbocycles. The molecule has 0 aliphatic rings. The van der Waals surface area contributed by atoms with Gasteiger partial charge in [0.05, 0.1) is 13.7 Å². The van der Waals surface area contributed by atoms with Gasteiger partial charge in [-0.3, -0.25) is 0 Å². The first-order chi connectivity index (χ1) is 7.74. The van der Waals surface area contributed by atoms with Gasteiger partial charge in [0.1, 0.15) is 0 Å². The fourth-order valence-electron chi connectivity index (χ4n) is 1.12. The summed E-state index contributed by atoms with van der Waals surface area (Å²) in [6, 6.07) is 0. The van der Waals surface area contributed by atoms with Gasteiger partial charge in [-0.1, -0.05) is 0 Å². The average Bonchev–Trinajstić information content (AvgIpc) is 2.31. The van der Waals surface area contributed by atoms with Crippen molar-refractivity contribution in [2.75, 3.05) is 47.6 Å². The Morgan fingerprint density at radius 3 is 2.38 bits per heavy atom. The molecule has 0 aromatic carbocycles. The van der Waals surface area contributed by atoms with Gasteiger partial charge in [-0.05, 0) is 6.42 Å². The molecule has 0 N–H and O–H groups in total. The second-order valence-electron chi connectivity index (χ2n) is 3.21. The Kier molecular flexibility index (Phi) is 9.75. The summed E-state index contributed by atoms with van der Waals surface area (Å²) in [5, 5.41) is 0. The van der Waals surface area contributed by atoms with E-state index in [9.17, 15) is 4.79 Å². The van der Waals surface area contributed by atoms with Crippen molar-refractivity contribution < 1.29 is 19.0 Å². The van der Waals surface area contributed by atoms with Crippen molar-refractivity contribution in [3.05, 3.63) is 12.3 Å². The quantitative estimate of drug-likeness (QED) is 0.331. The third-order valence-corrected chi connectivity index (χ3v) is 2.00. The maximum absolute atomic E-state index is 10.9. The van der Waals surface area contributed by atoms with Crippen LogP contribution in [0.15, 0.2) is 12.3 Å². The van der Waals surface area contributed by atoms with Crippen LogP contribution in [0, 0.1) is 0 Å². The minimum atomic E-state index is -0.353. The number of methoxy groups -OCH3 is 3. The summed E-state index contributed by atoms with van der Waals surface area (Å²) in [4.78, 5) is 12.9. The first kappa shape index (κ1) is 14.9. The van der Waals surface area contributed by atoms with Crippen molar-refractivity contribution in [1.82, 2.24) is 4.90 Å². The zero-order valence-corrected chi connectivity index (χ0v) is 10.3. The Morgan fingerprint density at radius 1 is 1.12 bits per heavy atom. The van der Waals surface area contributed by atoms with E-state index in [4.69, 9.17) is 9.47 Å². The number of hydrogen-bond acceptors (Lipinski definition) is 5. The van der Waals surface area contributed by atoms with Crippen LogP contribution in [-0.4, -0.2) is 58.5 Å². The molecule has 0 fully saturated rings. The first-order valence-corrected chi connectivity index (χ1v) is 5.22. The van der Waals surface area contributed by atoms with Crippen molar-refractivity contribution in [2.45, 2.75) is 6.42 Å². The van der Waals surface area contributed by atoms with E-state index in [1.807, 2.05) is 4.90 Å². The number of carbonyl (C=O) groups excluding carboxylic acids is 1. The molecule has 0 bridgehead atoms. The predicted molar refractivity (Wildman–Crippen MR) is 61.1 cm³/mol. The summed E-state index contributed by atoms with van der Waals surface area (Å²) < 4.78 is 14.5. The molecule has 94 valence electrons. The Labute approximate surface area is 97.0 Å². The van der Waals surface area contributed by atoms with Gasteiger partial charge in [0.15, 0.2) is 0 Å². The lowest BCUT2D eigenvalue weighted by molar-refractivity contribution is -0.134. The van der Waals surface area contributed by atoms with Gasteiger partial charge in [0.25, 0.3) is 0 Å². The van der Waals surface area contributed by atoms with Crippen molar-refractivity contribution >= 4 is 5.97 Å². The topological polar surface area (TPSA) is 48.0 Å². The molecule has 0 heterocycles. The number of ether oxygens (including phenoxy) is 3. The maximum Gasteiger partial charge on any atom is 0.331 e. The molecule has 5 nitrogen and oxygen atoms in total. The maximum atomic E-state index is 10.9. The van der Waals surface area contributed by atoms with Crippen molar-refractivity contribution in [3.63, 3.8) is 0 Å². The highest BCUT2D eigenvalue weighted by Crippen LogP contribution is 1.95. The lowest BCUT2D eigenvalue weighted by Crippen LogP contribution is -2.24. The van der Waals surface area contributed by atoms with Crippen LogP contribution >= 0.6 is 0 Å². The third kappa shape index (κ3) is 8.26. The average molecular weight is 231 g/mol. The second-order valence-corrected chi connectivity index (χ2v) is 3.21. The van der Waals surface area contributed by atoms with Gasteiger partial charge in [-0.2, -0.15) is 0 Å². The molecule has 0 aromatic rings. The minimum Gasteiger partial charge on any atom is -0.466 e. The van der Waals surface area contributed by atoms with Crippen molar-refractivity contribution in [3.8, 4) is 0 Å². The number of hydrogen-bond donors (Lipinski definition) is 0. The third-order valence-electron chi connectivity index (χ3n) is 2.00. The fraction of sp³-hybridized carbons (Fsp3) is 0.727. The molecule has 16 heavy (non-hydrogen) atoms. The van der Waals surface area contributed by atoms with E-state index >= 15 is 0 Å². The highest BCUT2D eigenvalue weighted by atomic mass is 16.5. The van der Waals surface area contributed by atoms with E-state index in [-0.39, 0.29) is 5.97 Å². The summed E-state index contributed by atoms with van der Waals surface area (Å²) in [6.07, 6.45) is 4.04. The zero-order valence-electron chi connectivity index (χ0n) is 10.3. The summed E-state index contributed by atoms with van der Waals surface area (Å²) in [7, 11) is 4.68. The molecule has 0 aromatic heterocycles. The highest BCUT2D eigenvalue weighted by Gasteiger charge is 2.00. The lowest BCUT2D eigenvalue weighted by atomic mass is 10.4. The minimum absolute atomic E-state index is 0.353. The van der Waals surface area contributed by atoms with Gasteiger partial charge in [-0.25, -0.2) is 4.79 Å². The molecule has 0 aliphatic heterocycles. The van der Waals surface area contributed by atoms with E-state index in [2.05, 4.69) is 4.74 Å². The number of carbonyl (C=O) groups is 1. The summed E-state index contributed by atoms with van der Waals surface area (Å²) in [5.41, 5.74) is 0. The molecule has 0 radical (unpaired) electrons. The predicted octanol–water partition coefficient (Wildman–Crippen LogP) is 0.658. The number of rotatable bonds is 9. The van der Waals surface area contributed by atoms with E-state index in [1.54, 1.807) is 20.4 Å². The van der Waals surface area contributed by atoms with Crippen LogP contribution in [-0.2, 0) is 19.0 Å². The smallest absolute Gasteiger partial charge is 0.331 e. The van der Waals surface area contributed by atoms with Crippen LogP contribution in [0.2, 0.25) is 0 Å². The Balaban J connectivity index is 3.98. The lowest BCUT2D eigenvalue weighted by Gasteiger charge is -2.19. The molecule has 5 heteroatoms. The molecule has 0 saturated carbocycles. The molecule has 0 unspecified atom stereocenters. The summed E-state index contributed by atoms with van der Waals surface area (Å²) in [5.74, 6) is -0.353. The molecule has 0 rings (SSSR count). The summed E-state index contributed by atoms with van der Waals surface area (Å²) >= 11 is 0. The van der Waals surface area contributed by atoms with Crippen molar-refractivity contribution in [2.24, 2.45) is 0 Å². The van der Waals surface area contributed by atoms with Crippen LogP contribution in [0.5, 0.6) is 0 Å². The number of esters is 1. The summed E-state index contributed by atoms with van der Waals surface area (Å²) in [6.45, 7) is 2.90. The van der Waals surface area contributed by atoms with E-state index < -0.39 is 0 Å². The normalized spacial score (nSPS) is 10.7. The molecule has 0 saturated heterocycles. The molecular weight excluding hydrogens is 210 g/mol. The van der Waals surface area contributed by atoms with Crippen LogP contribution < -0.4 is 0 Å². The number of nitrogens with zero attached hydrogens (tertiary/aromatic N) is 1. The second kappa shape index (κ2) is 10.4. The Hall–Kier alpha value is -1.07. The monoisotopic (exact) mass is 231 g/mol. The Bertz CT molecular complexity index is 206. The van der Waals surface area contributed by atoms with Gasteiger partial charge in [-0.15, -0.1) is 0 Å². The van der Waals surface area contributed by atoms with Gasteiger partial charge < -0.3 is 19.1 Å². The molecule has 0 atom stereocenters. The van der Waals surface area contributed by atoms with Crippen LogP contribution in [0.1, 0.15) is 6.42 Å². The van der Waals surface area contributed by atoms with Crippen LogP contribution in [0.4, 0.5) is 0 Å². The van der Waals surface area contributed by atoms with Gasteiger partial charge in [0.2, 0.25) is 0 Å². The van der Waals surface area contributed by atoms with E-state index in [0.29, 0.717) is 13.2 Å². The van der Waals surface area contributed by atoms with Crippen LogP contribution in [0.25, 0.3) is 0 Å². The fourth-order valence-corrected chi connectivity index (χ4v) is 1.12. The molecule has 0 spiro atoms. The first-order valence-electron chi connectivity index (χ1n) is 5.22. The van der Waals surface area contributed by atoms with Crippen LogP contribution in [0.3, 0.4) is 0 Å². The van der Waals surface area contributed by atoms with Gasteiger partial charge in [0, 0.05) is 46.2 Å². The Morgan fingerprint density at radius 2 is 1.81 bits per heavy atom. The SMILES string of the molecule is COCCCN(C=CC(=O)OC)CCOC. The largest absolute Gasteiger partial charge is 0.466 e.